The Morgan fingerprint density at radius 3 is 2.63 bits per heavy atom. The van der Waals surface area contributed by atoms with E-state index in [0.717, 1.165) is 0 Å². The average Bonchev–Trinajstić information content (AvgIpc) is 3.21. The van der Waals surface area contributed by atoms with Crippen LogP contribution < -0.4 is 0 Å². The summed E-state index contributed by atoms with van der Waals surface area (Å²) in [6, 6.07) is -0.559. The first kappa shape index (κ1) is 19.6. The van der Waals surface area contributed by atoms with E-state index in [9.17, 15) is 9.59 Å². The lowest BCUT2D eigenvalue weighted by Gasteiger charge is -2.42. The molecule has 0 unspecified atom stereocenters. The maximum absolute atomic E-state index is 13.0. The lowest BCUT2D eigenvalue weighted by Crippen LogP contribution is -2.61. The van der Waals surface area contributed by atoms with E-state index >= 15 is 0 Å². The number of carbonyl (C=O) groups excluding carboxylic acids is 2. The molecule has 9 nitrogen and oxygen atoms in total. The van der Waals surface area contributed by atoms with Gasteiger partial charge in [0, 0.05) is 33.2 Å². The van der Waals surface area contributed by atoms with E-state index in [2.05, 4.69) is 24.0 Å². The number of hydrogen-bond acceptors (Lipinski definition) is 6. The molecule has 1 aromatic rings. The van der Waals surface area contributed by atoms with Crippen molar-refractivity contribution in [3.05, 3.63) is 11.7 Å². The standard InChI is InChI=1S/C18H29N5O4/c1-5-16-19-15(20-27-16)11-22-10-13-9-21(6-7-26-4)17(24)14(8-12(2)3)23(13)18(22)25/h12-14H,5-11H2,1-4H3/t13-,14-/m0/s1. The minimum absolute atomic E-state index is 0.0139. The molecule has 3 heterocycles. The van der Waals surface area contributed by atoms with E-state index in [1.54, 1.807) is 16.9 Å². The van der Waals surface area contributed by atoms with E-state index in [1.807, 2.05) is 11.8 Å². The smallest absolute Gasteiger partial charge is 0.321 e. The van der Waals surface area contributed by atoms with Crippen LogP contribution in [0, 0.1) is 5.92 Å². The van der Waals surface area contributed by atoms with Gasteiger partial charge in [0.2, 0.25) is 11.8 Å². The number of amides is 3. The van der Waals surface area contributed by atoms with Crippen LogP contribution in [0.5, 0.6) is 0 Å². The summed E-state index contributed by atoms with van der Waals surface area (Å²) in [4.78, 5) is 35.6. The van der Waals surface area contributed by atoms with Gasteiger partial charge in [-0.3, -0.25) is 4.79 Å². The number of urea groups is 1. The summed E-state index contributed by atoms with van der Waals surface area (Å²) in [5.74, 6) is 1.39. The second kappa shape index (κ2) is 8.24. The average molecular weight is 379 g/mol. The molecule has 0 saturated carbocycles. The maximum atomic E-state index is 13.0. The Bertz CT molecular complexity index is 676. The molecule has 0 spiro atoms. The highest BCUT2D eigenvalue weighted by atomic mass is 16.5. The van der Waals surface area contributed by atoms with Crippen LogP contribution in [0.3, 0.4) is 0 Å². The molecule has 2 aliphatic heterocycles. The Morgan fingerprint density at radius 2 is 2.00 bits per heavy atom. The third-order valence-electron chi connectivity index (χ3n) is 5.08. The molecule has 9 heteroatoms. The monoisotopic (exact) mass is 379 g/mol. The predicted octanol–water partition coefficient (Wildman–Crippen LogP) is 1.14. The minimum Gasteiger partial charge on any atom is -0.383 e. The molecule has 0 N–H and O–H groups in total. The van der Waals surface area contributed by atoms with Crippen molar-refractivity contribution in [3.8, 4) is 0 Å². The number of hydrogen-bond donors (Lipinski definition) is 0. The highest BCUT2D eigenvalue weighted by Gasteiger charge is 2.49. The van der Waals surface area contributed by atoms with E-state index in [0.29, 0.717) is 63.3 Å². The number of ether oxygens (including phenoxy) is 1. The molecule has 3 amide bonds. The molecule has 27 heavy (non-hydrogen) atoms. The third-order valence-corrected chi connectivity index (χ3v) is 5.08. The highest BCUT2D eigenvalue weighted by molar-refractivity contribution is 5.90. The molecular weight excluding hydrogens is 350 g/mol. The number of fused-ring (bicyclic) bond motifs is 1. The second-order valence-corrected chi connectivity index (χ2v) is 7.60. The van der Waals surface area contributed by atoms with Gasteiger partial charge in [-0.05, 0) is 12.3 Å². The summed E-state index contributed by atoms with van der Waals surface area (Å²) in [5, 5.41) is 3.95. The Balaban J connectivity index is 1.77. The Morgan fingerprint density at radius 1 is 1.26 bits per heavy atom. The van der Waals surface area contributed by atoms with E-state index < -0.39 is 6.04 Å². The molecular formula is C18H29N5O4. The maximum Gasteiger partial charge on any atom is 0.321 e. The van der Waals surface area contributed by atoms with E-state index in [4.69, 9.17) is 9.26 Å². The van der Waals surface area contributed by atoms with E-state index in [-0.39, 0.29) is 18.0 Å². The lowest BCUT2D eigenvalue weighted by atomic mass is 9.97. The van der Waals surface area contributed by atoms with Gasteiger partial charge in [-0.25, -0.2) is 4.79 Å². The summed E-state index contributed by atoms with van der Waals surface area (Å²) in [6.45, 7) is 8.51. The van der Waals surface area contributed by atoms with Crippen molar-refractivity contribution in [1.29, 1.82) is 0 Å². The van der Waals surface area contributed by atoms with Crippen LogP contribution in [0.4, 0.5) is 4.79 Å². The topological polar surface area (TPSA) is 92.0 Å². The van der Waals surface area contributed by atoms with Gasteiger partial charge < -0.3 is 24.0 Å². The number of aromatic nitrogens is 2. The zero-order valence-electron chi connectivity index (χ0n) is 16.6. The van der Waals surface area contributed by atoms with Gasteiger partial charge in [-0.15, -0.1) is 0 Å². The van der Waals surface area contributed by atoms with Crippen LogP contribution in [0.2, 0.25) is 0 Å². The van der Waals surface area contributed by atoms with Crippen LogP contribution in [0.25, 0.3) is 0 Å². The van der Waals surface area contributed by atoms with Gasteiger partial charge in [0.25, 0.3) is 0 Å². The molecule has 2 aliphatic rings. The SMILES string of the molecule is CCc1nc(CN2C[C@@H]3CN(CCOC)C(=O)[C@H](CC(C)C)N3C2=O)no1. The Labute approximate surface area is 159 Å². The lowest BCUT2D eigenvalue weighted by molar-refractivity contribution is -0.143. The molecule has 0 radical (unpaired) electrons. The summed E-state index contributed by atoms with van der Waals surface area (Å²) >= 11 is 0. The van der Waals surface area contributed by atoms with Gasteiger partial charge in [-0.2, -0.15) is 4.98 Å². The first-order valence-electron chi connectivity index (χ1n) is 9.61. The zero-order chi connectivity index (χ0) is 19.6. The summed E-state index contributed by atoms with van der Waals surface area (Å²) in [6.07, 6.45) is 1.32. The number of nitrogens with zero attached hydrogens (tertiary/aromatic N) is 5. The first-order chi connectivity index (χ1) is 12.9. The molecule has 150 valence electrons. The van der Waals surface area contributed by atoms with E-state index in [1.165, 1.54) is 0 Å². The number of rotatable bonds is 8. The quantitative estimate of drug-likeness (QED) is 0.673. The molecule has 3 rings (SSSR count). The molecule has 2 atom stereocenters. The molecule has 2 fully saturated rings. The molecule has 0 aliphatic carbocycles. The number of piperazine rings is 1. The zero-order valence-corrected chi connectivity index (χ0v) is 16.6. The van der Waals surface area contributed by atoms with Gasteiger partial charge in [0.15, 0.2) is 5.82 Å². The van der Waals surface area contributed by atoms with Crippen LogP contribution >= 0.6 is 0 Å². The normalized spacial score (nSPS) is 22.9. The predicted molar refractivity (Wildman–Crippen MR) is 96.8 cm³/mol. The molecule has 0 aromatic carbocycles. The largest absolute Gasteiger partial charge is 0.383 e. The van der Waals surface area contributed by atoms with Gasteiger partial charge in [0.05, 0.1) is 19.2 Å². The highest BCUT2D eigenvalue weighted by Crippen LogP contribution is 2.29. The number of methoxy groups -OCH3 is 1. The van der Waals surface area contributed by atoms with Crippen LogP contribution in [0.15, 0.2) is 4.52 Å². The summed E-state index contributed by atoms with van der Waals surface area (Å²) in [5.41, 5.74) is 0. The second-order valence-electron chi connectivity index (χ2n) is 7.60. The number of aryl methyl sites for hydroxylation is 1. The van der Waals surface area contributed by atoms with Crippen molar-refractivity contribution >= 4 is 11.9 Å². The fourth-order valence-corrected chi connectivity index (χ4v) is 3.81. The minimum atomic E-state index is -0.422. The van der Waals surface area contributed by atoms with Gasteiger partial charge in [-0.1, -0.05) is 25.9 Å². The first-order valence-corrected chi connectivity index (χ1v) is 9.61. The fourth-order valence-electron chi connectivity index (χ4n) is 3.81. The van der Waals surface area contributed by atoms with Crippen molar-refractivity contribution in [3.63, 3.8) is 0 Å². The number of carbonyl (C=O) groups is 2. The molecule has 2 saturated heterocycles. The van der Waals surface area contributed by atoms with Crippen LogP contribution in [-0.2, 0) is 22.5 Å². The summed E-state index contributed by atoms with van der Waals surface area (Å²) in [7, 11) is 1.63. The van der Waals surface area contributed by atoms with Gasteiger partial charge in [0.1, 0.15) is 6.04 Å². The molecule has 1 aromatic heterocycles. The van der Waals surface area contributed by atoms with Crippen LogP contribution in [-0.4, -0.2) is 82.2 Å². The Hall–Kier alpha value is -2.16. The van der Waals surface area contributed by atoms with Crippen molar-refractivity contribution in [2.45, 2.75) is 52.2 Å². The van der Waals surface area contributed by atoms with Crippen LogP contribution in [0.1, 0.15) is 38.9 Å². The van der Waals surface area contributed by atoms with Crippen molar-refractivity contribution in [2.75, 3.05) is 33.4 Å². The van der Waals surface area contributed by atoms with Crippen molar-refractivity contribution in [2.24, 2.45) is 5.92 Å². The fraction of sp³-hybridized carbons (Fsp3) is 0.778. The van der Waals surface area contributed by atoms with Gasteiger partial charge >= 0.3 is 6.03 Å². The van der Waals surface area contributed by atoms with Crippen molar-refractivity contribution in [1.82, 2.24) is 24.8 Å². The summed E-state index contributed by atoms with van der Waals surface area (Å²) < 4.78 is 10.3. The molecule has 0 bridgehead atoms. The Kier molecular flexibility index (Phi) is 5.98. The third kappa shape index (κ3) is 4.07. The van der Waals surface area contributed by atoms with Crippen molar-refractivity contribution < 1.29 is 18.8 Å².